The van der Waals surface area contributed by atoms with Gasteiger partial charge in [-0.1, -0.05) is 115 Å². The second-order valence-electron chi connectivity index (χ2n) is 20.1. The van der Waals surface area contributed by atoms with Gasteiger partial charge in [0.15, 0.2) is 0 Å². The van der Waals surface area contributed by atoms with E-state index >= 15 is 19.2 Å². The fourth-order valence-electron chi connectivity index (χ4n) is 11.8. The Hall–Kier alpha value is -9.28. The van der Waals surface area contributed by atoms with Crippen molar-refractivity contribution in [2.45, 2.75) is 42.8 Å². The second-order valence-corrected chi connectivity index (χ2v) is 20.1. The third kappa shape index (κ3) is 10.1. The van der Waals surface area contributed by atoms with Gasteiger partial charge < -0.3 is 29.1 Å². The molecule has 6 atom stereocenters. The number of carbonyl (C=O) groups excluding carboxylic acids is 4. The molecule has 3 amide bonds. The van der Waals surface area contributed by atoms with Crippen LogP contribution in [0.4, 0.5) is 22.1 Å². The van der Waals surface area contributed by atoms with Crippen molar-refractivity contribution >= 4 is 41.2 Å². The number of amides is 3. The Labute approximate surface area is 461 Å². The number of rotatable bonds is 14. The molecule has 80 heavy (non-hydrogen) atoms. The molecule has 6 aromatic carbocycles. The van der Waals surface area contributed by atoms with Crippen LogP contribution < -0.4 is 14.5 Å². The minimum absolute atomic E-state index is 0.0104. The predicted octanol–water partition coefficient (Wildman–Crippen LogP) is 7.59. The van der Waals surface area contributed by atoms with Gasteiger partial charge in [-0.3, -0.25) is 34.3 Å². The van der Waals surface area contributed by atoms with Gasteiger partial charge in [0, 0.05) is 62.8 Å². The Bertz CT molecular complexity index is 3450. The molecule has 0 aliphatic carbocycles. The molecule has 1 spiro atoms. The highest BCUT2D eigenvalue weighted by atomic mass is 16.6. The zero-order valence-electron chi connectivity index (χ0n) is 43.7. The van der Waals surface area contributed by atoms with Crippen molar-refractivity contribution in [2.75, 3.05) is 62.8 Å². The number of carbonyl (C=O) groups is 4. The average Bonchev–Trinajstić information content (AvgIpc) is 4.02. The number of anilines is 2. The summed E-state index contributed by atoms with van der Waals surface area (Å²) in [6, 6.07) is 44.7. The molecule has 4 aliphatic rings. The normalized spacial score (nSPS) is 21.3. The number of hydrogen-bond acceptors (Lipinski definition) is 15. The van der Waals surface area contributed by atoms with E-state index in [1.54, 1.807) is 65.8 Å². The van der Waals surface area contributed by atoms with Gasteiger partial charge in [-0.05, 0) is 89.0 Å². The van der Waals surface area contributed by atoms with Crippen LogP contribution in [0.1, 0.15) is 57.1 Å². The molecule has 0 saturated carbocycles. The maximum Gasteiger partial charge on any atom is 0.421 e. The summed E-state index contributed by atoms with van der Waals surface area (Å²) in [5.74, 6) is 3.91. The van der Waals surface area contributed by atoms with Crippen LogP contribution in [-0.2, 0) is 42.4 Å². The van der Waals surface area contributed by atoms with Gasteiger partial charge >= 0.3 is 12.1 Å². The SMILES string of the molecule is CN(CC#Cc1ccc2c(c1)C1(C(=O)N2C(=O)OCc2ccc([N+](=O)[O-])cc2)C(C(=O)N2CCN(c3ncccn3)CC2)C2C(=O)OC(c3ccccc3)C(c3ccccc3)N2C1c1ccc(OCCO)cc1)Cc1ccccc1. The first-order valence-corrected chi connectivity index (χ1v) is 26.4. The Morgan fingerprint density at radius 2 is 1.45 bits per heavy atom. The van der Waals surface area contributed by atoms with E-state index in [2.05, 4.69) is 26.7 Å². The van der Waals surface area contributed by atoms with E-state index in [9.17, 15) is 15.2 Å². The highest BCUT2D eigenvalue weighted by Gasteiger charge is 2.76. The quantitative estimate of drug-likeness (QED) is 0.0483. The molecule has 3 saturated heterocycles. The zero-order valence-corrected chi connectivity index (χ0v) is 43.7. The summed E-state index contributed by atoms with van der Waals surface area (Å²) >= 11 is 0. The van der Waals surface area contributed by atoms with E-state index in [1.807, 2.05) is 108 Å². The average molecular weight is 1070 g/mol. The molecule has 11 rings (SSSR count). The Morgan fingerprint density at radius 3 is 2.11 bits per heavy atom. The number of fused-ring (bicyclic) bond motifs is 3. The molecule has 18 heteroatoms. The number of hydrogen-bond donors (Lipinski definition) is 1. The first kappa shape index (κ1) is 52.8. The fourth-order valence-corrected chi connectivity index (χ4v) is 11.8. The lowest BCUT2D eigenvalue weighted by Gasteiger charge is -2.46. The van der Waals surface area contributed by atoms with Gasteiger partial charge in [0.25, 0.3) is 5.69 Å². The van der Waals surface area contributed by atoms with Gasteiger partial charge in [0.2, 0.25) is 17.8 Å². The van der Waals surface area contributed by atoms with E-state index in [-0.39, 0.29) is 49.8 Å². The Balaban J connectivity index is 1.12. The second kappa shape index (κ2) is 23.0. The van der Waals surface area contributed by atoms with Crippen molar-refractivity contribution < 1.29 is 43.4 Å². The van der Waals surface area contributed by atoms with E-state index in [1.165, 1.54) is 24.3 Å². The number of benzene rings is 6. The summed E-state index contributed by atoms with van der Waals surface area (Å²) in [5.41, 5.74) is 2.06. The first-order valence-electron chi connectivity index (χ1n) is 26.4. The number of aliphatic hydroxyl groups excluding tert-OH is 1. The first-order chi connectivity index (χ1) is 39.0. The number of ether oxygens (including phenoxy) is 3. The summed E-state index contributed by atoms with van der Waals surface area (Å²) in [7, 11) is 1.96. The van der Waals surface area contributed by atoms with Crippen LogP contribution in [0.15, 0.2) is 176 Å². The molecule has 3 fully saturated rings. The fraction of sp³-hybridized carbons (Fsp3) is 0.258. The zero-order chi connectivity index (χ0) is 55.3. The number of aromatic nitrogens is 2. The van der Waals surface area contributed by atoms with Crippen LogP contribution in [0, 0.1) is 27.9 Å². The predicted molar refractivity (Wildman–Crippen MR) is 295 cm³/mol. The third-order valence-electron chi connectivity index (χ3n) is 15.3. The van der Waals surface area contributed by atoms with Crippen molar-refractivity contribution in [3.8, 4) is 17.6 Å². The summed E-state index contributed by atoms with van der Waals surface area (Å²) in [5, 5.41) is 21.3. The van der Waals surface area contributed by atoms with E-state index in [4.69, 9.17) is 14.2 Å². The molecule has 1 N–H and O–H groups in total. The van der Waals surface area contributed by atoms with Gasteiger partial charge in [-0.25, -0.2) is 19.7 Å². The topological polar surface area (TPSA) is 201 Å². The monoisotopic (exact) mass is 1070 g/mol. The van der Waals surface area contributed by atoms with Crippen LogP contribution in [0.25, 0.3) is 0 Å². The molecular weight excluding hydrogens is 1020 g/mol. The highest BCUT2D eigenvalue weighted by molar-refractivity contribution is 6.23. The maximum atomic E-state index is 16.9. The van der Waals surface area contributed by atoms with Gasteiger partial charge in [-0.2, -0.15) is 0 Å². The number of nitro groups is 1. The summed E-state index contributed by atoms with van der Waals surface area (Å²) in [6.07, 6.45) is 1.27. The number of nitro benzene ring substituents is 1. The molecular formula is C62H56N8O10. The summed E-state index contributed by atoms with van der Waals surface area (Å²) in [6.45, 7) is 1.42. The van der Waals surface area contributed by atoms with E-state index < -0.39 is 64.4 Å². The van der Waals surface area contributed by atoms with Crippen LogP contribution in [-0.4, -0.2) is 118 Å². The van der Waals surface area contributed by atoms with Crippen molar-refractivity contribution in [1.29, 1.82) is 0 Å². The molecule has 0 radical (unpaired) electrons. The number of esters is 1. The Kier molecular flexibility index (Phi) is 15.1. The minimum atomic E-state index is -2.10. The van der Waals surface area contributed by atoms with Gasteiger partial charge in [-0.15, -0.1) is 0 Å². The lowest BCUT2D eigenvalue weighted by molar-refractivity contribution is -0.384. The van der Waals surface area contributed by atoms with E-state index in [0.717, 1.165) is 16.0 Å². The van der Waals surface area contributed by atoms with Crippen LogP contribution in [0.2, 0.25) is 0 Å². The molecule has 5 heterocycles. The number of aliphatic hydroxyl groups is 1. The smallest absolute Gasteiger partial charge is 0.421 e. The van der Waals surface area contributed by atoms with Crippen molar-refractivity contribution in [3.63, 3.8) is 0 Å². The Morgan fingerprint density at radius 1 is 0.787 bits per heavy atom. The maximum absolute atomic E-state index is 16.9. The molecule has 6 unspecified atom stereocenters. The van der Waals surface area contributed by atoms with Gasteiger partial charge in [0.1, 0.15) is 36.5 Å². The van der Waals surface area contributed by atoms with Gasteiger partial charge in [0.05, 0.1) is 41.8 Å². The number of imide groups is 1. The summed E-state index contributed by atoms with van der Waals surface area (Å²) < 4.78 is 18.5. The van der Waals surface area contributed by atoms with Crippen LogP contribution >= 0.6 is 0 Å². The third-order valence-corrected chi connectivity index (χ3v) is 15.3. The minimum Gasteiger partial charge on any atom is -0.491 e. The number of non-ortho nitro benzene ring substituents is 1. The number of nitrogens with zero attached hydrogens (tertiary/aromatic N) is 8. The lowest BCUT2D eigenvalue weighted by Crippen LogP contribution is -2.59. The van der Waals surface area contributed by atoms with Crippen molar-refractivity contribution in [3.05, 3.63) is 225 Å². The molecule has 7 aromatic rings. The summed E-state index contributed by atoms with van der Waals surface area (Å²) in [4.78, 5) is 92.8. The van der Waals surface area contributed by atoms with Crippen LogP contribution in [0.3, 0.4) is 0 Å². The molecule has 1 aromatic heterocycles. The highest BCUT2D eigenvalue weighted by Crippen LogP contribution is 2.66. The standard InChI is InChI=1S/C62H56N8O10/c1-65(40-43-13-5-2-6-14-43)32-11-15-42-22-29-51-50(39-42)62(59(74)68(51)61(75)79-41-44-20-25-48(26-21-44)70(76)77)52(57(72)66-33-35-67(36-34-66)60-63-30-12-31-64-60)54-58(73)80-55(46-18-9-4-10-19-46)53(45-16-7-3-8-17-45)69(54)56(62)47-23-27-49(28-24-47)78-38-37-71/h2-10,12-14,16-31,39,52-56,71H,32-38,40-41H2,1H3. The molecule has 404 valence electrons. The molecule has 4 aliphatic heterocycles. The number of piperazine rings is 1. The van der Waals surface area contributed by atoms with Crippen molar-refractivity contribution in [2.24, 2.45) is 5.92 Å². The lowest BCUT2D eigenvalue weighted by atomic mass is 9.65. The van der Waals surface area contributed by atoms with Crippen molar-refractivity contribution in [1.82, 2.24) is 24.7 Å². The largest absolute Gasteiger partial charge is 0.491 e. The molecule has 0 bridgehead atoms. The van der Waals surface area contributed by atoms with Crippen LogP contribution in [0.5, 0.6) is 5.75 Å². The van der Waals surface area contributed by atoms with E-state index in [0.29, 0.717) is 60.1 Å². The molecule has 18 nitrogen and oxygen atoms in total. The number of morpholine rings is 1. The number of cyclic esters (lactones) is 1.